The average molecular weight is 487 g/mol. The Balaban J connectivity index is 1.51. The SMILES string of the molecule is Cc1cc(C(C)Nc2ccccc2B2OC(C)(C)C(C)(C)O2)c2oc(C3CCCCC3)cc(=O)c2c1. The molecule has 2 aromatic carbocycles. The molecule has 5 rings (SSSR count). The molecular weight excluding hydrogens is 449 g/mol. The van der Waals surface area contributed by atoms with Crippen LogP contribution in [0.1, 0.15) is 95.6 Å². The maximum absolute atomic E-state index is 13.2. The molecule has 5 nitrogen and oxygen atoms in total. The molecule has 6 heteroatoms. The number of para-hydroxylation sites is 1. The summed E-state index contributed by atoms with van der Waals surface area (Å²) in [7, 11) is -0.462. The topological polar surface area (TPSA) is 60.7 Å². The number of rotatable bonds is 5. The Morgan fingerprint density at radius 1 is 0.972 bits per heavy atom. The molecule has 0 spiro atoms. The molecule has 2 heterocycles. The lowest BCUT2D eigenvalue weighted by atomic mass is 9.77. The smallest absolute Gasteiger partial charge is 0.460 e. The fraction of sp³-hybridized carbons (Fsp3) is 0.500. The number of anilines is 1. The fourth-order valence-electron chi connectivity index (χ4n) is 5.48. The summed E-state index contributed by atoms with van der Waals surface area (Å²) in [6, 6.07) is 13.8. The van der Waals surface area contributed by atoms with Gasteiger partial charge < -0.3 is 19.0 Å². The minimum Gasteiger partial charge on any atom is -0.460 e. The molecule has 36 heavy (non-hydrogen) atoms. The molecule has 0 bridgehead atoms. The van der Waals surface area contributed by atoms with Crippen LogP contribution in [0.5, 0.6) is 0 Å². The quantitative estimate of drug-likeness (QED) is 0.410. The van der Waals surface area contributed by atoms with Gasteiger partial charge in [0, 0.05) is 28.7 Å². The Kier molecular flexibility index (Phi) is 6.54. The van der Waals surface area contributed by atoms with Crippen LogP contribution in [0.15, 0.2) is 51.7 Å². The Hall–Kier alpha value is -2.57. The Morgan fingerprint density at radius 2 is 1.64 bits per heavy atom. The van der Waals surface area contributed by atoms with E-state index in [-0.39, 0.29) is 11.5 Å². The van der Waals surface area contributed by atoms with Gasteiger partial charge in [0.15, 0.2) is 5.43 Å². The summed E-state index contributed by atoms with van der Waals surface area (Å²) in [5, 5.41) is 4.32. The number of aryl methyl sites for hydroxylation is 1. The van der Waals surface area contributed by atoms with Crippen LogP contribution in [0.4, 0.5) is 5.69 Å². The highest BCUT2D eigenvalue weighted by atomic mass is 16.7. The summed E-state index contributed by atoms with van der Waals surface area (Å²) in [4.78, 5) is 13.2. The van der Waals surface area contributed by atoms with E-state index in [0.29, 0.717) is 16.9 Å². The molecule has 1 N–H and O–H groups in total. The van der Waals surface area contributed by atoms with Crippen LogP contribution in [-0.4, -0.2) is 18.3 Å². The molecule has 1 aromatic heterocycles. The van der Waals surface area contributed by atoms with Gasteiger partial charge in [0.05, 0.1) is 22.6 Å². The van der Waals surface area contributed by atoms with Crippen molar-refractivity contribution in [1.82, 2.24) is 0 Å². The second-order valence-electron chi connectivity index (χ2n) is 11.6. The van der Waals surface area contributed by atoms with Crippen molar-refractivity contribution in [3.05, 3.63) is 69.6 Å². The first kappa shape index (κ1) is 25.1. The van der Waals surface area contributed by atoms with E-state index in [9.17, 15) is 4.79 Å². The van der Waals surface area contributed by atoms with E-state index in [1.807, 2.05) is 31.2 Å². The van der Waals surface area contributed by atoms with Crippen LogP contribution in [0, 0.1) is 6.92 Å². The molecule has 1 unspecified atom stereocenters. The van der Waals surface area contributed by atoms with E-state index in [2.05, 4.69) is 52.1 Å². The first-order valence-corrected chi connectivity index (χ1v) is 13.3. The Labute approximate surface area is 214 Å². The summed E-state index contributed by atoms with van der Waals surface area (Å²) < 4.78 is 19.2. The van der Waals surface area contributed by atoms with Crippen molar-refractivity contribution in [3.8, 4) is 0 Å². The van der Waals surface area contributed by atoms with Crippen molar-refractivity contribution in [1.29, 1.82) is 0 Å². The predicted octanol–water partition coefficient (Wildman–Crippen LogP) is 6.62. The van der Waals surface area contributed by atoms with Gasteiger partial charge in [-0.1, -0.05) is 43.5 Å². The van der Waals surface area contributed by atoms with Crippen LogP contribution in [-0.2, 0) is 9.31 Å². The lowest BCUT2D eigenvalue weighted by Gasteiger charge is -2.32. The molecule has 0 radical (unpaired) electrons. The molecule has 2 fully saturated rings. The molecule has 1 atom stereocenters. The zero-order chi connectivity index (χ0) is 25.7. The van der Waals surface area contributed by atoms with Crippen molar-refractivity contribution < 1.29 is 13.7 Å². The molecule has 1 aliphatic heterocycles. The number of hydrogen-bond donors (Lipinski definition) is 1. The minimum absolute atomic E-state index is 0.0478. The lowest BCUT2D eigenvalue weighted by molar-refractivity contribution is 0.00578. The maximum atomic E-state index is 13.2. The molecule has 1 saturated carbocycles. The van der Waals surface area contributed by atoms with Gasteiger partial charge in [-0.15, -0.1) is 0 Å². The first-order valence-electron chi connectivity index (χ1n) is 13.3. The number of benzene rings is 2. The normalized spacial score (nSPS) is 20.6. The van der Waals surface area contributed by atoms with Crippen LogP contribution >= 0.6 is 0 Å². The highest BCUT2D eigenvalue weighted by Gasteiger charge is 2.52. The minimum atomic E-state index is -0.462. The third kappa shape index (κ3) is 4.61. The van der Waals surface area contributed by atoms with Gasteiger partial charge in [-0.2, -0.15) is 0 Å². The van der Waals surface area contributed by atoms with Crippen molar-refractivity contribution in [2.75, 3.05) is 5.32 Å². The van der Waals surface area contributed by atoms with Crippen LogP contribution in [0.3, 0.4) is 0 Å². The average Bonchev–Trinajstić information content (AvgIpc) is 3.06. The standard InChI is InChI=1S/C30H38BNO4/c1-19-16-22(28-23(17-19)26(33)18-27(34-28)21-12-8-7-9-13-21)20(2)32-25-15-11-10-14-24(25)31-35-29(3,4)30(5,6)36-31/h10-11,14-18,20-21,32H,7-9,12-13H2,1-6H3. The lowest BCUT2D eigenvalue weighted by Crippen LogP contribution is -2.41. The zero-order valence-electron chi connectivity index (χ0n) is 22.4. The summed E-state index contributed by atoms with van der Waals surface area (Å²) in [6.07, 6.45) is 5.83. The number of nitrogens with one attached hydrogen (secondary N) is 1. The van der Waals surface area contributed by atoms with Crippen molar-refractivity contribution >= 4 is 29.2 Å². The fourth-order valence-corrected chi connectivity index (χ4v) is 5.48. The highest BCUT2D eigenvalue weighted by molar-refractivity contribution is 6.64. The van der Waals surface area contributed by atoms with Crippen LogP contribution in [0.25, 0.3) is 11.0 Å². The largest absolute Gasteiger partial charge is 0.496 e. The molecular formula is C30H38BNO4. The van der Waals surface area contributed by atoms with E-state index in [4.69, 9.17) is 13.7 Å². The summed E-state index contributed by atoms with van der Waals surface area (Å²) in [5.74, 6) is 1.17. The van der Waals surface area contributed by atoms with Gasteiger partial charge >= 0.3 is 7.12 Å². The van der Waals surface area contributed by atoms with Gasteiger partial charge in [-0.25, -0.2) is 0 Å². The maximum Gasteiger partial charge on any atom is 0.496 e. The third-order valence-electron chi connectivity index (χ3n) is 8.33. The Bertz CT molecular complexity index is 1310. The van der Waals surface area contributed by atoms with Crippen molar-refractivity contribution in [2.45, 2.75) is 96.8 Å². The zero-order valence-corrected chi connectivity index (χ0v) is 22.4. The molecule has 1 saturated heterocycles. The monoisotopic (exact) mass is 487 g/mol. The summed E-state index contributed by atoms with van der Waals surface area (Å²) in [6.45, 7) is 12.4. The molecule has 1 aliphatic carbocycles. The van der Waals surface area contributed by atoms with E-state index >= 15 is 0 Å². The van der Waals surface area contributed by atoms with Crippen molar-refractivity contribution in [2.24, 2.45) is 0 Å². The Morgan fingerprint density at radius 3 is 2.33 bits per heavy atom. The second-order valence-corrected chi connectivity index (χ2v) is 11.6. The van der Waals surface area contributed by atoms with E-state index < -0.39 is 18.3 Å². The second kappa shape index (κ2) is 9.39. The number of fused-ring (bicyclic) bond motifs is 1. The molecule has 2 aliphatic rings. The van der Waals surface area contributed by atoms with Gasteiger partial charge in [0.1, 0.15) is 11.3 Å². The third-order valence-corrected chi connectivity index (χ3v) is 8.33. The predicted molar refractivity (Wildman–Crippen MR) is 147 cm³/mol. The van der Waals surface area contributed by atoms with Crippen LogP contribution in [0.2, 0.25) is 0 Å². The van der Waals surface area contributed by atoms with Gasteiger partial charge in [-0.3, -0.25) is 4.79 Å². The molecule has 0 amide bonds. The summed E-state index contributed by atoms with van der Waals surface area (Å²) >= 11 is 0. The van der Waals surface area contributed by atoms with E-state index in [1.165, 1.54) is 19.3 Å². The van der Waals surface area contributed by atoms with Gasteiger partial charge in [0.2, 0.25) is 0 Å². The summed E-state index contributed by atoms with van der Waals surface area (Å²) in [5.41, 5.74) is 3.86. The highest BCUT2D eigenvalue weighted by Crippen LogP contribution is 2.38. The van der Waals surface area contributed by atoms with Crippen LogP contribution < -0.4 is 16.2 Å². The van der Waals surface area contributed by atoms with E-state index in [1.54, 1.807) is 6.07 Å². The van der Waals surface area contributed by atoms with Gasteiger partial charge in [-0.05, 0) is 72.1 Å². The molecule has 190 valence electrons. The first-order chi connectivity index (χ1) is 17.1. The molecule has 3 aromatic rings. The van der Waals surface area contributed by atoms with Gasteiger partial charge in [0.25, 0.3) is 0 Å². The van der Waals surface area contributed by atoms with Crippen molar-refractivity contribution in [3.63, 3.8) is 0 Å². The van der Waals surface area contributed by atoms with E-state index in [0.717, 1.165) is 40.9 Å². The number of hydrogen-bond acceptors (Lipinski definition) is 5.